The van der Waals surface area contributed by atoms with E-state index in [1.807, 2.05) is 29.2 Å². The summed E-state index contributed by atoms with van der Waals surface area (Å²) < 4.78 is 0. The number of nitrogens with one attached hydrogen (secondary N) is 2. The van der Waals surface area contributed by atoms with Crippen molar-refractivity contribution in [3.63, 3.8) is 0 Å². The Morgan fingerprint density at radius 3 is 2.62 bits per heavy atom. The molecular weight excluding hydrogens is 308 g/mol. The zero-order valence-corrected chi connectivity index (χ0v) is 13.1. The average Bonchev–Trinajstić information content (AvgIpc) is 2.99. The highest BCUT2D eigenvalue weighted by Gasteiger charge is 2.21. The number of hydrogen-bond donors (Lipinski definition) is 2. The normalized spacial score (nSPS) is 14.0. The van der Waals surface area contributed by atoms with Crippen LogP contribution in [0, 0.1) is 0 Å². The van der Waals surface area contributed by atoms with E-state index in [9.17, 15) is 14.4 Å². The molecule has 1 aromatic carbocycles. The smallest absolute Gasteiger partial charge is 0.271 e. The van der Waals surface area contributed by atoms with Gasteiger partial charge in [0.15, 0.2) is 0 Å². The summed E-state index contributed by atoms with van der Waals surface area (Å²) in [5.74, 6) is -0.190. The van der Waals surface area contributed by atoms with Crippen LogP contribution in [-0.2, 0) is 17.9 Å². The maximum atomic E-state index is 12.1. The maximum Gasteiger partial charge on any atom is 0.271 e. The number of carbonyl (C=O) groups excluding carboxylic acids is 2. The van der Waals surface area contributed by atoms with Gasteiger partial charge < -0.3 is 10.2 Å². The largest absolute Gasteiger partial charge is 0.347 e. The molecule has 2 heterocycles. The molecule has 0 spiro atoms. The number of amides is 2. The summed E-state index contributed by atoms with van der Waals surface area (Å²) in [5, 5.41) is 8.72. The number of carbonyl (C=O) groups is 2. The Balaban J connectivity index is 1.66. The first kappa shape index (κ1) is 15.9. The van der Waals surface area contributed by atoms with E-state index in [1.165, 1.54) is 12.1 Å². The lowest BCUT2D eigenvalue weighted by molar-refractivity contribution is -0.128. The van der Waals surface area contributed by atoms with Gasteiger partial charge in [-0.25, -0.2) is 5.10 Å². The van der Waals surface area contributed by atoms with Gasteiger partial charge in [0.05, 0.1) is 0 Å². The van der Waals surface area contributed by atoms with Gasteiger partial charge in [-0.1, -0.05) is 24.3 Å². The van der Waals surface area contributed by atoms with Gasteiger partial charge in [0.1, 0.15) is 5.69 Å². The Morgan fingerprint density at radius 2 is 1.96 bits per heavy atom. The van der Waals surface area contributed by atoms with E-state index < -0.39 is 0 Å². The molecule has 1 aliphatic rings. The van der Waals surface area contributed by atoms with Crippen molar-refractivity contribution < 1.29 is 9.59 Å². The van der Waals surface area contributed by atoms with E-state index in [0.29, 0.717) is 19.5 Å². The molecule has 2 amide bonds. The zero-order valence-electron chi connectivity index (χ0n) is 13.1. The van der Waals surface area contributed by atoms with Crippen LogP contribution in [0.15, 0.2) is 41.2 Å². The molecule has 124 valence electrons. The summed E-state index contributed by atoms with van der Waals surface area (Å²) in [5.41, 5.74) is 1.77. The third-order valence-corrected chi connectivity index (χ3v) is 4.00. The molecule has 2 aromatic rings. The van der Waals surface area contributed by atoms with Crippen molar-refractivity contribution in [2.24, 2.45) is 0 Å². The fraction of sp³-hybridized carbons (Fsp3) is 0.294. The molecule has 0 atom stereocenters. The molecule has 1 aliphatic heterocycles. The summed E-state index contributed by atoms with van der Waals surface area (Å²) >= 11 is 0. The van der Waals surface area contributed by atoms with Crippen LogP contribution >= 0.6 is 0 Å². The second-order valence-electron chi connectivity index (χ2n) is 5.68. The molecule has 0 saturated carbocycles. The molecule has 1 saturated heterocycles. The molecule has 7 heteroatoms. The lowest BCUT2D eigenvalue weighted by atomic mass is 10.1. The summed E-state index contributed by atoms with van der Waals surface area (Å²) in [6, 6.07) is 10.3. The molecule has 2 N–H and O–H groups in total. The first-order valence-corrected chi connectivity index (χ1v) is 7.82. The highest BCUT2D eigenvalue weighted by Crippen LogP contribution is 2.17. The summed E-state index contributed by atoms with van der Waals surface area (Å²) in [6.45, 7) is 1.67. The van der Waals surface area contributed by atoms with Crippen LogP contribution < -0.4 is 10.9 Å². The predicted octanol–water partition coefficient (Wildman–Crippen LogP) is 0.822. The molecule has 24 heavy (non-hydrogen) atoms. The molecule has 1 fully saturated rings. The van der Waals surface area contributed by atoms with Crippen LogP contribution in [0.5, 0.6) is 0 Å². The van der Waals surface area contributed by atoms with Crippen LogP contribution in [0.3, 0.4) is 0 Å². The van der Waals surface area contributed by atoms with Gasteiger partial charge in [-0.05, 0) is 23.6 Å². The minimum absolute atomic E-state index is 0.154. The van der Waals surface area contributed by atoms with Crippen molar-refractivity contribution >= 4 is 11.8 Å². The molecule has 3 rings (SSSR count). The standard InChI is InChI=1S/C17H18N4O3/c22-15-8-7-14(19-20-15)17(24)18-10-12-4-1-2-5-13(12)11-21-9-3-6-16(21)23/h1-2,4-5,7-8H,3,6,9-11H2,(H,18,24)(H,20,22). The predicted molar refractivity (Wildman–Crippen MR) is 87.1 cm³/mol. The van der Waals surface area contributed by atoms with Crippen LogP contribution in [-0.4, -0.2) is 33.5 Å². The second-order valence-corrected chi connectivity index (χ2v) is 5.68. The summed E-state index contributed by atoms with van der Waals surface area (Å²) in [6.07, 6.45) is 1.51. The summed E-state index contributed by atoms with van der Waals surface area (Å²) in [4.78, 5) is 36.7. The van der Waals surface area contributed by atoms with Gasteiger partial charge in [-0.15, -0.1) is 0 Å². The van der Waals surface area contributed by atoms with Crippen molar-refractivity contribution in [2.45, 2.75) is 25.9 Å². The number of benzene rings is 1. The lowest BCUT2D eigenvalue weighted by Gasteiger charge is -2.18. The van der Waals surface area contributed by atoms with Crippen molar-refractivity contribution in [3.05, 3.63) is 63.6 Å². The Kier molecular flexibility index (Phi) is 4.69. The van der Waals surface area contributed by atoms with Gasteiger partial charge >= 0.3 is 0 Å². The van der Waals surface area contributed by atoms with Crippen molar-refractivity contribution in [3.8, 4) is 0 Å². The Morgan fingerprint density at radius 1 is 1.17 bits per heavy atom. The monoisotopic (exact) mass is 326 g/mol. The first-order valence-electron chi connectivity index (χ1n) is 7.82. The van der Waals surface area contributed by atoms with Gasteiger partial charge in [-0.3, -0.25) is 14.4 Å². The van der Waals surface area contributed by atoms with Crippen molar-refractivity contribution in [1.82, 2.24) is 20.4 Å². The number of H-pyrrole nitrogens is 1. The van der Waals surface area contributed by atoms with E-state index in [0.717, 1.165) is 24.1 Å². The molecule has 0 bridgehead atoms. The van der Waals surface area contributed by atoms with E-state index in [1.54, 1.807) is 0 Å². The molecule has 0 unspecified atom stereocenters. The number of aromatic amines is 1. The quantitative estimate of drug-likeness (QED) is 0.850. The number of aromatic nitrogens is 2. The van der Waals surface area contributed by atoms with Crippen LogP contribution in [0.25, 0.3) is 0 Å². The molecule has 7 nitrogen and oxygen atoms in total. The highest BCUT2D eigenvalue weighted by molar-refractivity contribution is 5.91. The first-order chi connectivity index (χ1) is 11.6. The van der Waals surface area contributed by atoms with Gasteiger partial charge in [-0.2, -0.15) is 5.10 Å². The third-order valence-electron chi connectivity index (χ3n) is 4.00. The van der Waals surface area contributed by atoms with E-state index in [2.05, 4.69) is 15.5 Å². The Labute approximate surface area is 138 Å². The van der Waals surface area contributed by atoms with Gasteiger partial charge in [0.25, 0.3) is 11.5 Å². The van der Waals surface area contributed by atoms with E-state index in [4.69, 9.17) is 0 Å². The highest BCUT2D eigenvalue weighted by atomic mass is 16.2. The maximum absolute atomic E-state index is 12.1. The Hall–Kier alpha value is -2.96. The lowest BCUT2D eigenvalue weighted by Crippen LogP contribution is -2.27. The van der Waals surface area contributed by atoms with Gasteiger partial charge in [0, 0.05) is 32.1 Å². The zero-order chi connectivity index (χ0) is 16.9. The number of nitrogens with zero attached hydrogens (tertiary/aromatic N) is 2. The van der Waals surface area contributed by atoms with Crippen LogP contribution in [0.2, 0.25) is 0 Å². The summed E-state index contributed by atoms with van der Waals surface area (Å²) in [7, 11) is 0. The SMILES string of the molecule is O=C(NCc1ccccc1CN1CCCC1=O)c1ccc(=O)[nH]n1. The van der Waals surface area contributed by atoms with Crippen molar-refractivity contribution in [2.75, 3.05) is 6.54 Å². The molecular formula is C17H18N4O3. The van der Waals surface area contributed by atoms with E-state index >= 15 is 0 Å². The number of likely N-dealkylation sites (tertiary alicyclic amines) is 1. The number of hydrogen-bond acceptors (Lipinski definition) is 4. The molecule has 1 aromatic heterocycles. The van der Waals surface area contributed by atoms with E-state index in [-0.39, 0.29) is 23.1 Å². The van der Waals surface area contributed by atoms with Crippen LogP contribution in [0.1, 0.15) is 34.5 Å². The minimum Gasteiger partial charge on any atom is -0.347 e. The van der Waals surface area contributed by atoms with Crippen LogP contribution in [0.4, 0.5) is 0 Å². The second kappa shape index (κ2) is 7.08. The molecule has 0 radical (unpaired) electrons. The molecule has 0 aliphatic carbocycles. The van der Waals surface area contributed by atoms with Crippen molar-refractivity contribution in [1.29, 1.82) is 0 Å². The third kappa shape index (κ3) is 3.68. The minimum atomic E-state index is -0.363. The fourth-order valence-corrected chi connectivity index (χ4v) is 2.70. The Bertz CT molecular complexity index is 795. The topological polar surface area (TPSA) is 95.2 Å². The fourth-order valence-electron chi connectivity index (χ4n) is 2.70. The van der Waals surface area contributed by atoms with Gasteiger partial charge in [0.2, 0.25) is 5.91 Å². The average molecular weight is 326 g/mol. The number of rotatable bonds is 5.